The summed E-state index contributed by atoms with van der Waals surface area (Å²) in [5, 5.41) is 0.459. The summed E-state index contributed by atoms with van der Waals surface area (Å²) in [5.41, 5.74) is 1.93. The van der Waals surface area contributed by atoms with Gasteiger partial charge in [0.25, 0.3) is 0 Å². The number of aromatic nitrogens is 1. The van der Waals surface area contributed by atoms with Crippen molar-refractivity contribution in [3.05, 3.63) is 142 Å². The van der Waals surface area contributed by atoms with Crippen molar-refractivity contribution in [2.75, 3.05) is 26.2 Å². The average Bonchev–Trinajstić information content (AvgIpc) is 3.08. The van der Waals surface area contributed by atoms with Gasteiger partial charge < -0.3 is 14.4 Å². The molecule has 0 N–H and O–H groups in total. The molecule has 0 aliphatic rings. The molecule has 0 radical (unpaired) electrons. The van der Waals surface area contributed by atoms with Gasteiger partial charge in [0, 0.05) is 36.8 Å². The Balaban J connectivity index is 1.50. The number of likely N-dealkylation sites (N-methyl/N-ethyl adjacent to an activating group) is 1. The van der Waals surface area contributed by atoms with Crippen molar-refractivity contribution in [2.24, 2.45) is 0 Å². The summed E-state index contributed by atoms with van der Waals surface area (Å²) >= 11 is 0. The first-order valence-electron chi connectivity index (χ1n) is 16.2. The molecule has 1 amide bonds. The lowest BCUT2D eigenvalue weighted by molar-refractivity contribution is -0.137. The van der Waals surface area contributed by atoms with Crippen LogP contribution in [0.1, 0.15) is 36.2 Å². The lowest BCUT2D eigenvalue weighted by Gasteiger charge is -2.28. The van der Waals surface area contributed by atoms with E-state index < -0.39 is 11.7 Å². The minimum Gasteiger partial charge on any atom is -0.336 e. The van der Waals surface area contributed by atoms with Crippen molar-refractivity contribution in [1.82, 2.24) is 14.4 Å². The molecule has 4 aromatic carbocycles. The zero-order chi connectivity index (χ0) is 34.3. The zero-order valence-corrected chi connectivity index (χ0v) is 27.1. The summed E-state index contributed by atoms with van der Waals surface area (Å²) in [6.07, 6.45) is -3.77. The highest BCUT2D eigenvalue weighted by molar-refractivity contribution is 5.83. The van der Waals surface area contributed by atoms with Crippen LogP contribution in [-0.4, -0.2) is 46.5 Å². The number of carbonyl (C=O) groups excluding carboxylic acids is 1. The van der Waals surface area contributed by atoms with Crippen molar-refractivity contribution in [3.8, 4) is 11.1 Å². The normalized spacial score (nSPS) is 11.7. The number of hydrogen-bond donors (Lipinski definition) is 0. The summed E-state index contributed by atoms with van der Waals surface area (Å²) in [5.74, 6) is -0.642. The fraction of sp³-hybridized carbons (Fsp3) is 0.282. The highest BCUT2D eigenvalue weighted by atomic mass is 19.4. The van der Waals surface area contributed by atoms with Crippen molar-refractivity contribution >= 4 is 16.8 Å². The van der Waals surface area contributed by atoms with E-state index in [1.165, 1.54) is 24.3 Å². The minimum atomic E-state index is -4.59. The van der Waals surface area contributed by atoms with Gasteiger partial charge in [0.2, 0.25) is 5.91 Å². The molecule has 0 bridgehead atoms. The molecule has 0 fully saturated rings. The summed E-state index contributed by atoms with van der Waals surface area (Å²) in [6, 6.07) is 27.5. The summed E-state index contributed by atoms with van der Waals surface area (Å²) in [7, 11) is 0. The largest absolute Gasteiger partial charge is 0.417 e. The maximum Gasteiger partial charge on any atom is 0.417 e. The predicted molar refractivity (Wildman–Crippen MR) is 182 cm³/mol. The van der Waals surface area contributed by atoms with Gasteiger partial charge in [0.05, 0.1) is 11.1 Å². The van der Waals surface area contributed by atoms with Gasteiger partial charge in [0.1, 0.15) is 12.4 Å². The van der Waals surface area contributed by atoms with Gasteiger partial charge in [-0.3, -0.25) is 9.59 Å². The number of benzene rings is 4. The molecule has 48 heavy (non-hydrogen) atoms. The van der Waals surface area contributed by atoms with Crippen molar-refractivity contribution in [3.63, 3.8) is 0 Å². The number of hydrogen-bond acceptors (Lipinski definition) is 3. The second-order valence-electron chi connectivity index (χ2n) is 11.8. The van der Waals surface area contributed by atoms with Gasteiger partial charge >= 0.3 is 6.18 Å². The SMILES string of the molecule is CCN(CC)CCN(Cc1ccc(-c2ccccc2)c(C(F)(F)F)c1)C(=O)Cn1c(CCc2cccc(F)c2)cc(=O)c2ccccc21. The molecule has 1 aromatic heterocycles. The Labute approximate surface area is 278 Å². The van der Waals surface area contributed by atoms with Crippen LogP contribution in [0.25, 0.3) is 22.0 Å². The van der Waals surface area contributed by atoms with Crippen LogP contribution in [0.5, 0.6) is 0 Å². The second kappa shape index (κ2) is 15.4. The fourth-order valence-corrected chi connectivity index (χ4v) is 6.08. The smallest absolute Gasteiger partial charge is 0.336 e. The van der Waals surface area contributed by atoms with Crippen LogP contribution in [0.2, 0.25) is 0 Å². The van der Waals surface area contributed by atoms with Gasteiger partial charge in [-0.15, -0.1) is 0 Å². The molecule has 5 aromatic rings. The van der Waals surface area contributed by atoms with E-state index in [-0.39, 0.29) is 35.8 Å². The third-order valence-electron chi connectivity index (χ3n) is 8.74. The van der Waals surface area contributed by atoms with Gasteiger partial charge in [-0.25, -0.2) is 4.39 Å². The first-order valence-corrected chi connectivity index (χ1v) is 16.2. The van der Waals surface area contributed by atoms with Crippen LogP contribution in [0.15, 0.2) is 108 Å². The Morgan fingerprint density at radius 1 is 0.771 bits per heavy atom. The summed E-state index contributed by atoms with van der Waals surface area (Å²) < 4.78 is 58.7. The van der Waals surface area contributed by atoms with Crippen molar-refractivity contribution < 1.29 is 22.4 Å². The topological polar surface area (TPSA) is 45.5 Å². The monoisotopic (exact) mass is 657 g/mol. The van der Waals surface area contributed by atoms with Crippen LogP contribution >= 0.6 is 0 Å². The molecule has 0 spiro atoms. The molecular weight excluding hydrogens is 618 g/mol. The maximum absolute atomic E-state index is 14.3. The summed E-state index contributed by atoms with van der Waals surface area (Å²) in [6.45, 7) is 6.27. The van der Waals surface area contributed by atoms with Crippen LogP contribution in [0, 0.1) is 5.82 Å². The molecule has 0 saturated heterocycles. The Hall–Kier alpha value is -4.76. The van der Waals surface area contributed by atoms with Gasteiger partial charge in [-0.05, 0) is 78.5 Å². The van der Waals surface area contributed by atoms with E-state index >= 15 is 0 Å². The highest BCUT2D eigenvalue weighted by Crippen LogP contribution is 2.38. The number of nitrogens with zero attached hydrogens (tertiary/aromatic N) is 3. The van der Waals surface area contributed by atoms with Gasteiger partial charge in [-0.2, -0.15) is 13.2 Å². The number of fused-ring (bicyclic) bond motifs is 1. The molecule has 0 saturated carbocycles. The number of aryl methyl sites for hydroxylation is 2. The van der Waals surface area contributed by atoms with Crippen molar-refractivity contribution in [1.29, 1.82) is 0 Å². The number of rotatable bonds is 13. The molecule has 5 nitrogen and oxygen atoms in total. The summed E-state index contributed by atoms with van der Waals surface area (Å²) in [4.78, 5) is 31.1. The Morgan fingerprint density at radius 3 is 2.21 bits per heavy atom. The van der Waals surface area contributed by atoms with E-state index in [0.717, 1.165) is 24.7 Å². The lowest BCUT2D eigenvalue weighted by Crippen LogP contribution is -2.40. The number of pyridine rings is 1. The Morgan fingerprint density at radius 2 is 1.50 bits per heavy atom. The second-order valence-corrected chi connectivity index (χ2v) is 11.8. The number of alkyl halides is 3. The molecule has 0 aliphatic heterocycles. The predicted octanol–water partition coefficient (Wildman–Crippen LogP) is 7.98. The van der Waals surface area contributed by atoms with Crippen LogP contribution in [-0.2, 0) is 36.9 Å². The number of halogens is 4. The molecule has 9 heteroatoms. The highest BCUT2D eigenvalue weighted by Gasteiger charge is 2.34. The number of amides is 1. The van der Waals surface area contributed by atoms with E-state index in [0.29, 0.717) is 53.7 Å². The third kappa shape index (κ3) is 8.39. The average molecular weight is 658 g/mol. The number of carbonyl (C=O) groups is 1. The lowest BCUT2D eigenvalue weighted by atomic mass is 9.97. The zero-order valence-electron chi connectivity index (χ0n) is 27.1. The van der Waals surface area contributed by atoms with Crippen LogP contribution < -0.4 is 5.43 Å². The van der Waals surface area contributed by atoms with Crippen molar-refractivity contribution in [2.45, 2.75) is 46.0 Å². The van der Waals surface area contributed by atoms with E-state index in [9.17, 15) is 27.2 Å². The van der Waals surface area contributed by atoms with E-state index in [2.05, 4.69) is 4.90 Å². The molecule has 0 unspecified atom stereocenters. The first kappa shape index (κ1) is 34.6. The Kier molecular flexibility index (Phi) is 11.1. The Bertz CT molecular complexity index is 1920. The first-order chi connectivity index (χ1) is 23.1. The molecule has 250 valence electrons. The number of para-hydroxylation sites is 1. The van der Waals surface area contributed by atoms with Crippen LogP contribution in [0.4, 0.5) is 17.6 Å². The van der Waals surface area contributed by atoms with E-state index in [1.807, 2.05) is 24.5 Å². The van der Waals surface area contributed by atoms with Gasteiger partial charge in [-0.1, -0.05) is 80.6 Å². The molecule has 0 aliphatic carbocycles. The molecule has 0 atom stereocenters. The standard InChI is InChI=1S/C39H39F4N3O2/c1-3-44(4-2)21-22-45(26-29-18-20-33(30-12-6-5-7-13-30)35(24-29)39(41,42)43)38(48)27-46-32(19-17-28-11-10-14-31(40)23-28)25-37(47)34-15-8-9-16-36(34)46/h5-16,18,20,23-25H,3-4,17,19,21-22,26-27H2,1-2H3. The van der Waals surface area contributed by atoms with E-state index in [1.54, 1.807) is 71.6 Å². The fourth-order valence-electron chi connectivity index (χ4n) is 6.08. The third-order valence-corrected chi connectivity index (χ3v) is 8.74. The van der Waals surface area contributed by atoms with Gasteiger partial charge in [0.15, 0.2) is 5.43 Å². The quantitative estimate of drug-likeness (QED) is 0.121. The maximum atomic E-state index is 14.3. The molecule has 5 rings (SSSR count). The molecular formula is C39H39F4N3O2. The molecule has 1 heterocycles. The minimum absolute atomic E-state index is 0.0188. The van der Waals surface area contributed by atoms with Crippen LogP contribution in [0.3, 0.4) is 0 Å². The van der Waals surface area contributed by atoms with E-state index in [4.69, 9.17) is 0 Å².